The quantitative estimate of drug-likeness (QED) is 0.842. The van der Waals surface area contributed by atoms with Crippen LogP contribution in [0.25, 0.3) is 0 Å². The minimum Gasteiger partial charge on any atom is -0.377 e. The Morgan fingerprint density at radius 2 is 2.06 bits per heavy atom. The number of nitrogens with one attached hydrogen (secondary N) is 1. The number of rotatable bonds is 4. The van der Waals surface area contributed by atoms with Crippen molar-refractivity contribution in [2.24, 2.45) is 12.8 Å². The molecule has 0 saturated heterocycles. The van der Waals surface area contributed by atoms with Crippen LogP contribution in [0.1, 0.15) is 17.3 Å². The number of nitrogens with zero attached hydrogens (tertiary/aromatic N) is 2. The van der Waals surface area contributed by atoms with E-state index in [-0.39, 0.29) is 6.04 Å². The van der Waals surface area contributed by atoms with Crippen LogP contribution in [0.2, 0.25) is 0 Å². The largest absolute Gasteiger partial charge is 0.377 e. The van der Waals surface area contributed by atoms with Gasteiger partial charge in [0.05, 0.1) is 11.7 Å². The average molecular weight is 230 g/mol. The molecule has 4 heteroatoms. The van der Waals surface area contributed by atoms with E-state index >= 15 is 0 Å². The number of benzene rings is 1. The molecule has 1 aromatic heterocycles. The summed E-state index contributed by atoms with van der Waals surface area (Å²) in [6, 6.07) is 10.2. The van der Waals surface area contributed by atoms with Crippen molar-refractivity contribution >= 4 is 5.69 Å². The van der Waals surface area contributed by atoms with Gasteiger partial charge in [-0.15, -0.1) is 0 Å². The van der Waals surface area contributed by atoms with Crippen LogP contribution in [-0.2, 0) is 7.05 Å². The molecule has 4 nitrogen and oxygen atoms in total. The summed E-state index contributed by atoms with van der Waals surface area (Å²) in [5.41, 5.74) is 9.08. The first kappa shape index (κ1) is 11.7. The lowest BCUT2D eigenvalue weighted by Crippen LogP contribution is -2.20. The van der Waals surface area contributed by atoms with E-state index in [1.165, 1.54) is 0 Å². The summed E-state index contributed by atoms with van der Waals surface area (Å²) in [6.45, 7) is 2.55. The normalized spacial score (nSPS) is 12.4. The number of hydrogen-bond acceptors (Lipinski definition) is 3. The van der Waals surface area contributed by atoms with E-state index < -0.39 is 0 Å². The fourth-order valence-corrected chi connectivity index (χ4v) is 1.96. The Morgan fingerprint density at radius 3 is 2.59 bits per heavy atom. The second kappa shape index (κ2) is 5.01. The number of anilines is 1. The Labute approximate surface area is 101 Å². The monoisotopic (exact) mass is 230 g/mol. The highest BCUT2D eigenvalue weighted by Crippen LogP contribution is 2.20. The first-order valence-corrected chi connectivity index (χ1v) is 5.72. The van der Waals surface area contributed by atoms with Crippen LogP contribution in [-0.4, -0.2) is 16.3 Å². The number of para-hydroxylation sites is 1. The summed E-state index contributed by atoms with van der Waals surface area (Å²) in [4.78, 5) is 0. The zero-order chi connectivity index (χ0) is 12.3. The van der Waals surface area contributed by atoms with Crippen LogP contribution in [0, 0.1) is 6.92 Å². The van der Waals surface area contributed by atoms with E-state index in [9.17, 15) is 0 Å². The van der Waals surface area contributed by atoms with Crippen molar-refractivity contribution in [2.75, 3.05) is 11.9 Å². The summed E-state index contributed by atoms with van der Waals surface area (Å²) in [7, 11) is 1.92. The minimum absolute atomic E-state index is 0.103. The highest BCUT2D eigenvalue weighted by Gasteiger charge is 2.14. The van der Waals surface area contributed by atoms with Gasteiger partial charge in [-0.05, 0) is 19.1 Å². The molecule has 90 valence electrons. The van der Waals surface area contributed by atoms with E-state index in [1.54, 1.807) is 0 Å². The zero-order valence-corrected chi connectivity index (χ0v) is 10.2. The minimum atomic E-state index is 0.103. The Balaban J connectivity index is 2.20. The van der Waals surface area contributed by atoms with Crippen molar-refractivity contribution in [3.05, 3.63) is 47.8 Å². The number of aryl methyl sites for hydroxylation is 2. The Bertz CT molecular complexity index is 475. The lowest BCUT2D eigenvalue weighted by molar-refractivity contribution is 0.754. The Kier molecular flexibility index (Phi) is 3.44. The summed E-state index contributed by atoms with van der Waals surface area (Å²) in [5, 5.41) is 7.76. The molecule has 17 heavy (non-hydrogen) atoms. The summed E-state index contributed by atoms with van der Waals surface area (Å²) in [6.07, 6.45) is 2.02. The third kappa shape index (κ3) is 2.65. The van der Waals surface area contributed by atoms with Crippen molar-refractivity contribution in [2.45, 2.75) is 13.0 Å². The Morgan fingerprint density at radius 1 is 1.35 bits per heavy atom. The van der Waals surface area contributed by atoms with Gasteiger partial charge in [0, 0.05) is 31.0 Å². The molecule has 0 spiro atoms. The molecule has 0 fully saturated rings. The van der Waals surface area contributed by atoms with Gasteiger partial charge in [0.1, 0.15) is 0 Å². The van der Waals surface area contributed by atoms with Gasteiger partial charge < -0.3 is 11.1 Å². The molecule has 2 rings (SSSR count). The van der Waals surface area contributed by atoms with Gasteiger partial charge in [-0.3, -0.25) is 4.68 Å². The van der Waals surface area contributed by atoms with E-state index in [0.717, 1.165) is 16.9 Å². The van der Waals surface area contributed by atoms with Gasteiger partial charge in [-0.2, -0.15) is 5.10 Å². The number of aromatic nitrogens is 2. The maximum Gasteiger partial charge on any atom is 0.0669 e. The molecule has 1 atom stereocenters. The molecule has 0 aliphatic heterocycles. The van der Waals surface area contributed by atoms with Crippen LogP contribution in [0.15, 0.2) is 36.5 Å². The van der Waals surface area contributed by atoms with E-state index in [0.29, 0.717) is 6.54 Å². The van der Waals surface area contributed by atoms with Crippen LogP contribution < -0.4 is 11.1 Å². The fourth-order valence-electron chi connectivity index (χ4n) is 1.96. The molecular weight excluding hydrogens is 212 g/mol. The predicted molar refractivity (Wildman–Crippen MR) is 69.8 cm³/mol. The molecule has 0 aliphatic carbocycles. The highest BCUT2D eigenvalue weighted by molar-refractivity contribution is 5.45. The summed E-state index contributed by atoms with van der Waals surface area (Å²) >= 11 is 0. The molecule has 0 saturated carbocycles. The zero-order valence-electron chi connectivity index (χ0n) is 10.2. The van der Waals surface area contributed by atoms with Crippen molar-refractivity contribution in [1.82, 2.24) is 9.78 Å². The molecule has 2 aromatic rings. The van der Waals surface area contributed by atoms with Gasteiger partial charge in [0.2, 0.25) is 0 Å². The molecule has 0 aliphatic rings. The topological polar surface area (TPSA) is 55.9 Å². The molecule has 0 radical (unpaired) electrons. The molecule has 0 bridgehead atoms. The molecule has 1 unspecified atom stereocenters. The van der Waals surface area contributed by atoms with Crippen molar-refractivity contribution < 1.29 is 0 Å². The van der Waals surface area contributed by atoms with Crippen LogP contribution >= 0.6 is 0 Å². The second-order valence-corrected chi connectivity index (χ2v) is 4.14. The first-order chi connectivity index (χ1) is 8.20. The van der Waals surface area contributed by atoms with E-state index in [4.69, 9.17) is 5.73 Å². The lowest BCUT2D eigenvalue weighted by Gasteiger charge is -2.17. The molecule has 0 amide bonds. The Hall–Kier alpha value is -1.81. The molecule has 1 aromatic carbocycles. The third-order valence-corrected chi connectivity index (χ3v) is 2.78. The van der Waals surface area contributed by atoms with Crippen molar-refractivity contribution in [3.63, 3.8) is 0 Å². The van der Waals surface area contributed by atoms with Gasteiger partial charge in [0.25, 0.3) is 0 Å². The smallest absolute Gasteiger partial charge is 0.0669 e. The number of nitrogens with two attached hydrogens (primary N) is 1. The van der Waals surface area contributed by atoms with Crippen molar-refractivity contribution in [1.29, 1.82) is 0 Å². The molecule has 3 N–H and O–H groups in total. The highest BCUT2D eigenvalue weighted by atomic mass is 15.3. The van der Waals surface area contributed by atoms with Gasteiger partial charge in [-0.1, -0.05) is 18.2 Å². The number of hydrogen-bond donors (Lipinski definition) is 2. The van der Waals surface area contributed by atoms with Crippen LogP contribution in [0.5, 0.6) is 0 Å². The maximum absolute atomic E-state index is 5.83. The SMILES string of the molecule is Cc1nn(C)cc1C(CN)Nc1ccccc1. The predicted octanol–water partition coefficient (Wildman–Crippen LogP) is 1.84. The second-order valence-electron chi connectivity index (χ2n) is 4.14. The lowest BCUT2D eigenvalue weighted by atomic mass is 10.1. The van der Waals surface area contributed by atoms with Gasteiger partial charge in [-0.25, -0.2) is 0 Å². The van der Waals surface area contributed by atoms with Crippen molar-refractivity contribution in [3.8, 4) is 0 Å². The van der Waals surface area contributed by atoms with E-state index in [2.05, 4.69) is 10.4 Å². The third-order valence-electron chi connectivity index (χ3n) is 2.78. The van der Waals surface area contributed by atoms with E-state index in [1.807, 2.05) is 55.2 Å². The van der Waals surface area contributed by atoms with Crippen LogP contribution in [0.4, 0.5) is 5.69 Å². The standard InChI is InChI=1S/C13H18N4/c1-10-12(9-17(2)16-10)13(8-14)15-11-6-4-3-5-7-11/h3-7,9,13,15H,8,14H2,1-2H3. The summed E-state index contributed by atoms with van der Waals surface area (Å²) < 4.78 is 1.82. The van der Waals surface area contributed by atoms with Crippen LogP contribution in [0.3, 0.4) is 0 Å². The average Bonchev–Trinajstić information content (AvgIpc) is 2.67. The first-order valence-electron chi connectivity index (χ1n) is 5.72. The molecule has 1 heterocycles. The summed E-state index contributed by atoms with van der Waals surface area (Å²) in [5.74, 6) is 0. The fraction of sp³-hybridized carbons (Fsp3) is 0.308. The maximum atomic E-state index is 5.83. The molecular formula is C13H18N4. The van der Waals surface area contributed by atoms with Gasteiger partial charge >= 0.3 is 0 Å². The van der Waals surface area contributed by atoms with Gasteiger partial charge in [0.15, 0.2) is 0 Å².